The first kappa shape index (κ1) is 21.1. The van der Waals surface area contributed by atoms with Gasteiger partial charge in [0.05, 0.1) is 17.0 Å². The minimum absolute atomic E-state index is 0.0510. The highest BCUT2D eigenvalue weighted by Gasteiger charge is 2.35. The van der Waals surface area contributed by atoms with Gasteiger partial charge in [0.25, 0.3) is 17.0 Å². The number of halogens is 3. The second-order valence-electron chi connectivity index (χ2n) is 7.79. The summed E-state index contributed by atoms with van der Waals surface area (Å²) < 4.78 is 45.2. The first-order valence-corrected chi connectivity index (χ1v) is 9.81. The summed E-state index contributed by atoms with van der Waals surface area (Å²) in [4.78, 5) is 24.9. The van der Waals surface area contributed by atoms with Crippen LogP contribution in [0, 0.1) is 5.82 Å². The van der Waals surface area contributed by atoms with E-state index in [1.807, 2.05) is 0 Å². The van der Waals surface area contributed by atoms with Crippen LogP contribution in [0.15, 0.2) is 40.1 Å². The molecule has 0 spiro atoms. The fourth-order valence-electron chi connectivity index (χ4n) is 3.62. The topological polar surface area (TPSA) is 89.2 Å². The zero-order valence-corrected chi connectivity index (χ0v) is 16.9. The molecule has 2 N–H and O–H groups in total. The summed E-state index contributed by atoms with van der Waals surface area (Å²) in [5.74, 6) is -4.63. The van der Waals surface area contributed by atoms with Gasteiger partial charge in [0.1, 0.15) is 12.4 Å². The molecule has 0 bridgehead atoms. The van der Waals surface area contributed by atoms with Crippen molar-refractivity contribution < 1.29 is 18.3 Å². The molecular weight excluding hydrogens is 413 g/mol. The molecule has 1 saturated carbocycles. The average molecular weight is 434 g/mol. The summed E-state index contributed by atoms with van der Waals surface area (Å²) in [5.41, 5.74) is -1.70. The SMILES string of the molecule is CC(Nc1nn(C)c(=O)c2cc(=O)n(C3CC3)cc12)c1cccc(C(F)(F)CO)c1F. The molecule has 2 aromatic heterocycles. The van der Waals surface area contributed by atoms with E-state index < -0.39 is 35.5 Å². The summed E-state index contributed by atoms with van der Waals surface area (Å²) in [6, 6.07) is 4.10. The molecule has 1 unspecified atom stereocenters. The number of anilines is 1. The fourth-order valence-corrected chi connectivity index (χ4v) is 3.62. The number of benzene rings is 1. The van der Waals surface area contributed by atoms with Crippen LogP contribution in [0.5, 0.6) is 0 Å². The van der Waals surface area contributed by atoms with Gasteiger partial charge in [0.15, 0.2) is 5.82 Å². The Morgan fingerprint density at radius 3 is 2.65 bits per heavy atom. The van der Waals surface area contributed by atoms with Gasteiger partial charge in [0, 0.05) is 36.3 Å². The van der Waals surface area contributed by atoms with Gasteiger partial charge in [-0.15, -0.1) is 0 Å². The molecule has 0 aliphatic heterocycles. The zero-order chi connectivity index (χ0) is 22.5. The van der Waals surface area contributed by atoms with E-state index in [9.17, 15) is 22.8 Å². The number of aliphatic hydroxyl groups is 1. The van der Waals surface area contributed by atoms with Gasteiger partial charge in [-0.1, -0.05) is 12.1 Å². The largest absolute Gasteiger partial charge is 0.390 e. The number of nitrogens with zero attached hydrogens (tertiary/aromatic N) is 3. The Kier molecular flexibility index (Phi) is 5.12. The monoisotopic (exact) mass is 434 g/mol. The number of fused-ring (bicyclic) bond motifs is 1. The Morgan fingerprint density at radius 2 is 2.00 bits per heavy atom. The van der Waals surface area contributed by atoms with Crippen LogP contribution >= 0.6 is 0 Å². The molecule has 1 atom stereocenters. The standard InChI is InChI=1S/C21H21F3N4O3/c1-11(13-4-3-5-16(18(13)22)21(23,24)10-29)25-19-15-9-28(12-6-7-12)17(30)8-14(15)20(31)27(2)26-19/h3-5,8-9,11-12,29H,6-7,10H2,1-2H3,(H,25,26). The summed E-state index contributed by atoms with van der Waals surface area (Å²) in [6.07, 6.45) is 3.28. The normalized spacial score (nSPS) is 15.3. The van der Waals surface area contributed by atoms with Crippen molar-refractivity contribution in [2.75, 3.05) is 11.9 Å². The summed E-state index contributed by atoms with van der Waals surface area (Å²) >= 11 is 0. The van der Waals surface area contributed by atoms with Crippen molar-refractivity contribution in [2.45, 2.75) is 37.8 Å². The quantitative estimate of drug-likeness (QED) is 0.623. The van der Waals surface area contributed by atoms with Crippen LogP contribution in [0.3, 0.4) is 0 Å². The molecule has 10 heteroatoms. The van der Waals surface area contributed by atoms with E-state index >= 15 is 0 Å². The number of alkyl halides is 2. The van der Waals surface area contributed by atoms with Gasteiger partial charge in [-0.2, -0.15) is 13.9 Å². The predicted molar refractivity (Wildman–Crippen MR) is 109 cm³/mol. The van der Waals surface area contributed by atoms with Gasteiger partial charge in [-0.3, -0.25) is 9.59 Å². The molecule has 0 saturated heterocycles. The van der Waals surface area contributed by atoms with Crippen molar-refractivity contribution in [1.82, 2.24) is 14.3 Å². The number of aliphatic hydroxyl groups excluding tert-OH is 1. The number of nitrogens with one attached hydrogen (secondary N) is 1. The van der Waals surface area contributed by atoms with E-state index in [0.717, 1.165) is 23.6 Å². The van der Waals surface area contributed by atoms with Crippen molar-refractivity contribution in [2.24, 2.45) is 7.05 Å². The number of hydrogen-bond acceptors (Lipinski definition) is 5. The number of hydrogen-bond donors (Lipinski definition) is 2. The van der Waals surface area contributed by atoms with Crippen LogP contribution < -0.4 is 16.4 Å². The Labute approximate surface area is 174 Å². The van der Waals surface area contributed by atoms with Gasteiger partial charge in [0.2, 0.25) is 0 Å². The lowest BCUT2D eigenvalue weighted by molar-refractivity contribution is -0.0583. The molecule has 0 radical (unpaired) electrons. The molecule has 7 nitrogen and oxygen atoms in total. The third-order valence-corrected chi connectivity index (χ3v) is 5.49. The van der Waals surface area contributed by atoms with Crippen molar-refractivity contribution in [3.05, 3.63) is 68.1 Å². The summed E-state index contributed by atoms with van der Waals surface area (Å²) in [6.45, 7) is 0.0513. The highest BCUT2D eigenvalue weighted by atomic mass is 19.3. The Hall–Kier alpha value is -3.14. The van der Waals surface area contributed by atoms with Crippen molar-refractivity contribution >= 4 is 16.6 Å². The zero-order valence-electron chi connectivity index (χ0n) is 16.9. The molecule has 3 aromatic rings. The van der Waals surface area contributed by atoms with Gasteiger partial charge >= 0.3 is 0 Å². The Morgan fingerprint density at radius 1 is 1.29 bits per heavy atom. The highest BCUT2D eigenvalue weighted by Crippen LogP contribution is 2.35. The molecule has 164 valence electrons. The smallest absolute Gasteiger partial charge is 0.298 e. The van der Waals surface area contributed by atoms with Crippen LogP contribution in [-0.2, 0) is 13.0 Å². The maximum Gasteiger partial charge on any atom is 0.298 e. The highest BCUT2D eigenvalue weighted by molar-refractivity contribution is 5.90. The van der Waals surface area contributed by atoms with Gasteiger partial charge in [-0.25, -0.2) is 9.07 Å². The van der Waals surface area contributed by atoms with Crippen LogP contribution in [0.4, 0.5) is 19.0 Å². The number of rotatable bonds is 6. The summed E-state index contributed by atoms with van der Waals surface area (Å²) in [5, 5.41) is 16.6. The predicted octanol–water partition coefficient (Wildman–Crippen LogP) is 2.83. The fraction of sp³-hybridized carbons (Fsp3) is 0.381. The number of aryl methyl sites for hydroxylation is 1. The molecule has 4 rings (SSSR count). The molecule has 0 amide bonds. The maximum atomic E-state index is 14.8. The molecule has 1 aliphatic carbocycles. The average Bonchev–Trinajstić information content (AvgIpc) is 3.56. The van der Waals surface area contributed by atoms with Crippen LogP contribution in [0.25, 0.3) is 10.8 Å². The number of pyridine rings is 1. The Balaban J connectivity index is 1.79. The van der Waals surface area contributed by atoms with Crippen molar-refractivity contribution in [3.8, 4) is 0 Å². The lowest BCUT2D eigenvalue weighted by atomic mass is 10.00. The van der Waals surface area contributed by atoms with E-state index in [1.54, 1.807) is 17.7 Å². The molecule has 1 aliphatic rings. The third-order valence-electron chi connectivity index (χ3n) is 5.49. The van der Waals surface area contributed by atoms with Crippen LogP contribution in [-0.4, -0.2) is 26.1 Å². The van der Waals surface area contributed by atoms with E-state index in [0.29, 0.717) is 5.39 Å². The second kappa shape index (κ2) is 7.52. The minimum atomic E-state index is -3.72. The van der Waals surface area contributed by atoms with E-state index in [4.69, 9.17) is 5.11 Å². The van der Waals surface area contributed by atoms with Gasteiger partial charge in [-0.05, 0) is 25.8 Å². The maximum absolute atomic E-state index is 14.8. The first-order valence-electron chi connectivity index (χ1n) is 9.81. The van der Waals surface area contributed by atoms with Crippen molar-refractivity contribution in [3.63, 3.8) is 0 Å². The van der Waals surface area contributed by atoms with E-state index in [-0.39, 0.29) is 28.4 Å². The second-order valence-corrected chi connectivity index (χ2v) is 7.79. The molecule has 1 aromatic carbocycles. The number of aromatic nitrogens is 3. The summed E-state index contributed by atoms with van der Waals surface area (Å²) in [7, 11) is 1.42. The van der Waals surface area contributed by atoms with E-state index in [2.05, 4.69) is 10.4 Å². The minimum Gasteiger partial charge on any atom is -0.390 e. The lowest BCUT2D eigenvalue weighted by Gasteiger charge is -2.21. The molecule has 1 fully saturated rings. The first-order chi connectivity index (χ1) is 14.6. The third kappa shape index (κ3) is 3.71. The Bertz CT molecular complexity index is 1280. The van der Waals surface area contributed by atoms with Gasteiger partial charge < -0.3 is 15.0 Å². The molecular formula is C21H21F3N4O3. The van der Waals surface area contributed by atoms with E-state index in [1.165, 1.54) is 25.2 Å². The van der Waals surface area contributed by atoms with Crippen LogP contribution in [0.2, 0.25) is 0 Å². The lowest BCUT2D eigenvalue weighted by Crippen LogP contribution is -2.26. The molecule has 31 heavy (non-hydrogen) atoms. The van der Waals surface area contributed by atoms with Crippen molar-refractivity contribution in [1.29, 1.82) is 0 Å². The van der Waals surface area contributed by atoms with Crippen LogP contribution in [0.1, 0.15) is 43.0 Å². The molecule has 2 heterocycles.